The molecule has 0 radical (unpaired) electrons. The first-order chi connectivity index (χ1) is 15.3. The van der Waals surface area contributed by atoms with Gasteiger partial charge in [-0.05, 0) is 30.5 Å². The van der Waals surface area contributed by atoms with Crippen LogP contribution in [-0.2, 0) is 16.4 Å². The van der Waals surface area contributed by atoms with Gasteiger partial charge in [-0.15, -0.1) is 11.3 Å². The van der Waals surface area contributed by atoms with Crippen LogP contribution in [0.2, 0.25) is 5.02 Å². The molecule has 0 aliphatic carbocycles. The number of benzene rings is 2. The number of thiazole rings is 1. The molecule has 7 nitrogen and oxygen atoms in total. The van der Waals surface area contributed by atoms with Gasteiger partial charge < -0.3 is 15.7 Å². The van der Waals surface area contributed by atoms with Gasteiger partial charge in [0.05, 0.1) is 16.8 Å². The number of nitrogens with one attached hydrogen (secondary N) is 3. The van der Waals surface area contributed by atoms with Crippen molar-refractivity contribution >= 4 is 43.8 Å². The SMILES string of the molecule is O=S(=O)(Nc1nccs1)c1cc(Cl)c(NC[C@]2(Cc3ccccc3)C[C@H](O)CN2)cc1F. The number of β-amino-alcohol motifs (C(OH)–C–C–N with tert-alkyl or cyclic N) is 1. The molecule has 32 heavy (non-hydrogen) atoms. The summed E-state index contributed by atoms with van der Waals surface area (Å²) in [5.74, 6) is -0.933. The summed E-state index contributed by atoms with van der Waals surface area (Å²) in [6.45, 7) is 0.817. The minimum absolute atomic E-state index is 0.0688. The highest BCUT2D eigenvalue weighted by atomic mass is 35.5. The smallest absolute Gasteiger partial charge is 0.266 e. The summed E-state index contributed by atoms with van der Waals surface area (Å²) in [4.78, 5) is 3.29. The monoisotopic (exact) mass is 496 g/mol. The predicted molar refractivity (Wildman–Crippen MR) is 124 cm³/mol. The van der Waals surface area contributed by atoms with Crippen molar-refractivity contribution in [3.05, 3.63) is 70.4 Å². The average molecular weight is 497 g/mol. The van der Waals surface area contributed by atoms with Crippen LogP contribution >= 0.6 is 22.9 Å². The number of anilines is 2. The molecule has 3 aromatic rings. The molecule has 1 aliphatic rings. The lowest BCUT2D eigenvalue weighted by Gasteiger charge is -2.31. The number of sulfonamides is 1. The lowest BCUT2D eigenvalue weighted by Crippen LogP contribution is -2.48. The number of rotatable bonds is 8. The summed E-state index contributed by atoms with van der Waals surface area (Å²) in [6.07, 6.45) is 2.12. The summed E-state index contributed by atoms with van der Waals surface area (Å²) < 4.78 is 42.1. The zero-order valence-electron chi connectivity index (χ0n) is 16.9. The summed E-state index contributed by atoms with van der Waals surface area (Å²) in [5.41, 5.74) is 0.911. The van der Waals surface area contributed by atoms with Crippen LogP contribution in [0.3, 0.4) is 0 Å². The number of hydrogen-bond donors (Lipinski definition) is 4. The first-order valence-electron chi connectivity index (χ1n) is 9.89. The largest absolute Gasteiger partial charge is 0.392 e. The topological polar surface area (TPSA) is 103 Å². The predicted octanol–water partition coefficient (Wildman–Crippen LogP) is 3.48. The molecular weight excluding hydrogens is 475 g/mol. The number of aliphatic hydroxyl groups is 1. The van der Waals surface area contributed by atoms with Gasteiger partial charge >= 0.3 is 0 Å². The minimum Gasteiger partial charge on any atom is -0.392 e. The van der Waals surface area contributed by atoms with Gasteiger partial charge in [-0.3, -0.25) is 4.72 Å². The maximum Gasteiger partial charge on any atom is 0.266 e. The highest BCUT2D eigenvalue weighted by molar-refractivity contribution is 7.93. The third kappa shape index (κ3) is 5.21. The Morgan fingerprint density at radius 3 is 2.75 bits per heavy atom. The van der Waals surface area contributed by atoms with Crippen molar-refractivity contribution in [3.63, 3.8) is 0 Å². The molecule has 0 spiro atoms. The van der Waals surface area contributed by atoms with E-state index in [-0.39, 0.29) is 15.8 Å². The van der Waals surface area contributed by atoms with E-state index in [1.165, 1.54) is 6.20 Å². The van der Waals surface area contributed by atoms with Gasteiger partial charge in [0, 0.05) is 30.2 Å². The molecule has 0 amide bonds. The van der Waals surface area contributed by atoms with Crippen molar-refractivity contribution in [3.8, 4) is 0 Å². The highest BCUT2D eigenvalue weighted by Gasteiger charge is 2.38. The second-order valence-corrected chi connectivity index (χ2v) is 10.7. The first kappa shape index (κ1) is 22.9. The van der Waals surface area contributed by atoms with Gasteiger partial charge in [0.1, 0.15) is 10.7 Å². The van der Waals surface area contributed by atoms with Crippen LogP contribution in [0, 0.1) is 5.82 Å². The maximum atomic E-state index is 14.8. The van der Waals surface area contributed by atoms with Crippen molar-refractivity contribution < 1.29 is 17.9 Å². The maximum absolute atomic E-state index is 14.8. The molecule has 1 aliphatic heterocycles. The molecule has 0 saturated carbocycles. The van der Waals surface area contributed by atoms with Crippen LogP contribution in [0.5, 0.6) is 0 Å². The second-order valence-electron chi connectivity index (χ2n) is 7.74. The number of aliphatic hydroxyl groups excluding tert-OH is 1. The Morgan fingerprint density at radius 1 is 1.31 bits per heavy atom. The Balaban J connectivity index is 1.53. The third-order valence-corrected chi connectivity index (χ3v) is 7.79. The molecule has 0 unspecified atom stereocenters. The van der Waals surface area contributed by atoms with Gasteiger partial charge in [0.2, 0.25) is 0 Å². The van der Waals surface area contributed by atoms with Gasteiger partial charge in [-0.1, -0.05) is 41.9 Å². The van der Waals surface area contributed by atoms with E-state index < -0.39 is 32.4 Å². The van der Waals surface area contributed by atoms with Crippen molar-refractivity contribution in [1.82, 2.24) is 10.3 Å². The fourth-order valence-electron chi connectivity index (χ4n) is 3.83. The molecule has 2 heterocycles. The molecule has 0 bridgehead atoms. The number of aromatic nitrogens is 1. The second kappa shape index (κ2) is 9.32. The first-order valence-corrected chi connectivity index (χ1v) is 12.6. The number of hydrogen-bond acceptors (Lipinski definition) is 7. The summed E-state index contributed by atoms with van der Waals surface area (Å²) in [5, 5.41) is 18.4. The van der Waals surface area contributed by atoms with E-state index in [1.54, 1.807) is 5.38 Å². The van der Waals surface area contributed by atoms with E-state index in [0.29, 0.717) is 25.9 Å². The van der Waals surface area contributed by atoms with E-state index >= 15 is 0 Å². The van der Waals surface area contributed by atoms with E-state index in [4.69, 9.17) is 11.6 Å². The Bertz CT molecular complexity index is 1180. The molecule has 1 fully saturated rings. The zero-order valence-corrected chi connectivity index (χ0v) is 19.3. The van der Waals surface area contributed by atoms with Crippen molar-refractivity contribution in [2.24, 2.45) is 0 Å². The van der Waals surface area contributed by atoms with E-state index in [1.807, 2.05) is 30.3 Å². The van der Waals surface area contributed by atoms with E-state index in [0.717, 1.165) is 29.0 Å². The van der Waals surface area contributed by atoms with E-state index in [9.17, 15) is 17.9 Å². The zero-order chi connectivity index (χ0) is 22.8. The highest BCUT2D eigenvalue weighted by Crippen LogP contribution is 2.31. The van der Waals surface area contributed by atoms with Crippen LogP contribution in [-0.4, -0.2) is 43.2 Å². The Kier molecular flexibility index (Phi) is 6.68. The van der Waals surface area contributed by atoms with Crippen molar-refractivity contribution in [1.29, 1.82) is 0 Å². The Labute approximate surface area is 194 Å². The van der Waals surface area contributed by atoms with Crippen LogP contribution in [0.4, 0.5) is 15.2 Å². The fraction of sp³-hybridized carbons (Fsp3) is 0.286. The molecule has 11 heteroatoms. The van der Waals surface area contributed by atoms with Crippen molar-refractivity contribution in [2.45, 2.75) is 29.4 Å². The van der Waals surface area contributed by atoms with Crippen LogP contribution in [0.15, 0.2) is 58.9 Å². The standard InChI is InChI=1S/C21H22ClFN4O3S2/c22-16-8-19(32(29,30)27-20-24-6-7-31-20)17(23)9-18(16)25-13-21(11-15(28)12-26-21)10-14-4-2-1-3-5-14/h1-9,15,25-26,28H,10-13H2,(H,24,27)/t15-,21-/m0/s1. The molecule has 1 aromatic heterocycles. The Hall–Kier alpha value is -2.24. The average Bonchev–Trinajstić information content (AvgIpc) is 3.38. The number of halogens is 2. The lowest BCUT2D eigenvalue weighted by atomic mass is 9.88. The fourth-order valence-corrected chi connectivity index (χ4v) is 6.00. The van der Waals surface area contributed by atoms with Gasteiger partial charge in [0.15, 0.2) is 5.13 Å². The molecule has 170 valence electrons. The third-order valence-electron chi connectivity index (χ3n) is 5.31. The van der Waals surface area contributed by atoms with Gasteiger partial charge in [0.25, 0.3) is 10.0 Å². The molecule has 4 N–H and O–H groups in total. The van der Waals surface area contributed by atoms with Crippen LogP contribution < -0.4 is 15.4 Å². The van der Waals surface area contributed by atoms with Crippen LogP contribution in [0.25, 0.3) is 0 Å². The molecular formula is C21H22ClFN4O3S2. The Morgan fingerprint density at radius 2 is 2.09 bits per heavy atom. The van der Waals surface area contributed by atoms with Gasteiger partial charge in [-0.2, -0.15) is 0 Å². The van der Waals surface area contributed by atoms with E-state index in [2.05, 4.69) is 20.3 Å². The molecule has 4 rings (SSSR count). The number of nitrogens with zero attached hydrogens (tertiary/aromatic N) is 1. The lowest BCUT2D eigenvalue weighted by molar-refractivity contribution is 0.185. The summed E-state index contributed by atoms with van der Waals surface area (Å²) in [6, 6.07) is 12.0. The van der Waals surface area contributed by atoms with Crippen molar-refractivity contribution in [2.75, 3.05) is 23.1 Å². The summed E-state index contributed by atoms with van der Waals surface area (Å²) in [7, 11) is -4.18. The summed E-state index contributed by atoms with van der Waals surface area (Å²) >= 11 is 7.39. The molecule has 2 atom stereocenters. The minimum atomic E-state index is -4.18. The normalized spacial score (nSPS) is 20.9. The quantitative estimate of drug-likeness (QED) is 0.380. The van der Waals surface area contributed by atoms with Gasteiger partial charge in [-0.25, -0.2) is 17.8 Å². The van der Waals surface area contributed by atoms with Crippen LogP contribution in [0.1, 0.15) is 12.0 Å². The molecule has 2 aromatic carbocycles. The molecule has 1 saturated heterocycles.